The fourth-order valence-corrected chi connectivity index (χ4v) is 4.54. The highest BCUT2D eigenvalue weighted by molar-refractivity contribution is 8.18. The number of nitro benzene ring substituents is 1. The van der Waals surface area contributed by atoms with E-state index in [0.29, 0.717) is 28.7 Å². The van der Waals surface area contributed by atoms with Gasteiger partial charge in [0.1, 0.15) is 0 Å². The first-order chi connectivity index (χ1) is 14.8. The van der Waals surface area contributed by atoms with E-state index >= 15 is 0 Å². The summed E-state index contributed by atoms with van der Waals surface area (Å²) < 4.78 is 0. The Morgan fingerprint density at radius 1 is 1.16 bits per heavy atom. The Morgan fingerprint density at radius 2 is 1.87 bits per heavy atom. The lowest BCUT2D eigenvalue weighted by atomic mass is 10.1. The number of amidine groups is 1. The number of thioether (sulfide) groups is 1. The lowest BCUT2D eigenvalue weighted by Crippen LogP contribution is -2.47. The van der Waals surface area contributed by atoms with Crippen molar-refractivity contribution in [1.29, 1.82) is 0 Å². The van der Waals surface area contributed by atoms with Crippen molar-refractivity contribution in [3.63, 3.8) is 0 Å². The van der Waals surface area contributed by atoms with E-state index < -0.39 is 16.4 Å². The van der Waals surface area contributed by atoms with E-state index in [-0.39, 0.29) is 5.91 Å². The SMILES string of the molecule is Cc1ccc(N2CCN(C3=NC(=O)/C(=C/c4ccc(O)c([N+](=O)[O-])c4)S3)CC2)cc1Cl. The normalized spacial score (nSPS) is 17.9. The van der Waals surface area contributed by atoms with Crippen molar-refractivity contribution in [3.8, 4) is 5.75 Å². The zero-order valence-corrected chi connectivity index (χ0v) is 18.2. The molecule has 0 radical (unpaired) electrons. The summed E-state index contributed by atoms with van der Waals surface area (Å²) in [6, 6.07) is 10.0. The number of anilines is 1. The van der Waals surface area contributed by atoms with Crippen LogP contribution in [-0.4, -0.2) is 52.2 Å². The number of amides is 1. The number of nitro groups is 1. The molecule has 2 aliphatic rings. The number of halogens is 1. The molecule has 0 unspecified atom stereocenters. The van der Waals surface area contributed by atoms with Gasteiger partial charge in [-0.25, -0.2) is 0 Å². The molecule has 1 saturated heterocycles. The predicted molar refractivity (Wildman–Crippen MR) is 123 cm³/mol. The molecule has 2 aliphatic heterocycles. The molecule has 0 bridgehead atoms. The molecule has 0 saturated carbocycles. The third-order valence-electron chi connectivity index (χ3n) is 5.17. The molecule has 0 atom stereocenters. The second-order valence-electron chi connectivity index (χ2n) is 7.22. The van der Waals surface area contributed by atoms with Gasteiger partial charge in [-0.3, -0.25) is 14.9 Å². The van der Waals surface area contributed by atoms with Crippen molar-refractivity contribution in [3.05, 3.63) is 67.6 Å². The summed E-state index contributed by atoms with van der Waals surface area (Å²) in [6.45, 7) is 4.94. The van der Waals surface area contributed by atoms with Crippen LogP contribution < -0.4 is 4.90 Å². The lowest BCUT2D eigenvalue weighted by molar-refractivity contribution is -0.385. The summed E-state index contributed by atoms with van der Waals surface area (Å²) in [5, 5.41) is 22.0. The number of hydrogen-bond donors (Lipinski definition) is 1. The summed E-state index contributed by atoms with van der Waals surface area (Å²) in [7, 11) is 0. The van der Waals surface area contributed by atoms with Gasteiger partial charge in [0.2, 0.25) is 0 Å². The zero-order valence-electron chi connectivity index (χ0n) is 16.6. The van der Waals surface area contributed by atoms with Gasteiger partial charge in [-0.15, -0.1) is 0 Å². The maximum Gasteiger partial charge on any atom is 0.311 e. The van der Waals surface area contributed by atoms with Crippen molar-refractivity contribution in [1.82, 2.24) is 4.90 Å². The minimum Gasteiger partial charge on any atom is -0.502 e. The number of carbonyl (C=O) groups is 1. The van der Waals surface area contributed by atoms with E-state index in [1.165, 1.54) is 30.0 Å². The molecular weight excluding hydrogens is 440 g/mol. The largest absolute Gasteiger partial charge is 0.502 e. The first-order valence-corrected chi connectivity index (χ1v) is 10.8. The van der Waals surface area contributed by atoms with Gasteiger partial charge in [0.15, 0.2) is 10.9 Å². The number of nitrogens with zero attached hydrogens (tertiary/aromatic N) is 4. The van der Waals surface area contributed by atoms with Crippen molar-refractivity contribution < 1.29 is 14.8 Å². The van der Waals surface area contributed by atoms with Crippen LogP contribution in [0.2, 0.25) is 5.02 Å². The number of carbonyl (C=O) groups excluding carboxylic acids is 1. The van der Waals surface area contributed by atoms with E-state index in [0.717, 1.165) is 29.4 Å². The zero-order chi connectivity index (χ0) is 22.1. The number of benzene rings is 2. The number of hydrogen-bond acceptors (Lipinski definition) is 7. The smallest absolute Gasteiger partial charge is 0.311 e. The van der Waals surface area contributed by atoms with Gasteiger partial charge in [-0.1, -0.05) is 23.7 Å². The Kier molecular flexibility index (Phi) is 5.88. The number of rotatable bonds is 3. The van der Waals surface area contributed by atoms with E-state index in [1.807, 2.05) is 19.1 Å². The molecule has 8 nitrogen and oxygen atoms in total. The van der Waals surface area contributed by atoms with Gasteiger partial charge in [0.05, 0.1) is 9.83 Å². The number of aromatic hydroxyl groups is 1. The molecule has 1 fully saturated rings. The molecule has 160 valence electrons. The van der Waals surface area contributed by atoms with Crippen LogP contribution in [0.25, 0.3) is 6.08 Å². The highest BCUT2D eigenvalue weighted by atomic mass is 35.5. The van der Waals surface area contributed by atoms with Gasteiger partial charge >= 0.3 is 5.69 Å². The van der Waals surface area contributed by atoms with Crippen LogP contribution >= 0.6 is 23.4 Å². The Balaban J connectivity index is 1.42. The molecule has 2 aromatic rings. The summed E-state index contributed by atoms with van der Waals surface area (Å²) in [6.07, 6.45) is 1.56. The molecule has 0 spiro atoms. The fraction of sp³-hybridized carbons (Fsp3) is 0.238. The maximum absolute atomic E-state index is 12.4. The molecule has 1 N–H and O–H groups in total. The minimum atomic E-state index is -0.663. The first-order valence-electron chi connectivity index (χ1n) is 9.58. The van der Waals surface area contributed by atoms with Gasteiger partial charge < -0.3 is 14.9 Å². The number of aryl methyl sites for hydroxylation is 1. The Bertz CT molecular complexity index is 1130. The number of aliphatic imine (C=N–C) groups is 1. The van der Waals surface area contributed by atoms with Gasteiger partial charge in [0, 0.05) is 43.0 Å². The molecule has 31 heavy (non-hydrogen) atoms. The van der Waals surface area contributed by atoms with Crippen molar-refractivity contribution >= 4 is 51.9 Å². The first kappa shape index (κ1) is 21.2. The topological polar surface area (TPSA) is 99.3 Å². The average molecular weight is 459 g/mol. The van der Waals surface area contributed by atoms with Crippen LogP contribution in [0.15, 0.2) is 46.3 Å². The monoisotopic (exact) mass is 458 g/mol. The van der Waals surface area contributed by atoms with Gasteiger partial charge in [-0.2, -0.15) is 4.99 Å². The van der Waals surface area contributed by atoms with Gasteiger partial charge in [0.25, 0.3) is 5.91 Å². The van der Waals surface area contributed by atoms with Crippen molar-refractivity contribution in [2.75, 3.05) is 31.1 Å². The quantitative estimate of drug-likeness (QED) is 0.420. The molecule has 4 rings (SSSR count). The summed E-state index contributed by atoms with van der Waals surface area (Å²) in [5.41, 5.74) is 2.16. The van der Waals surface area contributed by atoms with Crippen LogP contribution in [0.1, 0.15) is 11.1 Å². The van der Waals surface area contributed by atoms with Crippen LogP contribution in [0, 0.1) is 17.0 Å². The molecule has 0 aromatic heterocycles. The second-order valence-corrected chi connectivity index (χ2v) is 8.64. The number of piperazine rings is 1. The number of phenolic OH excluding ortho intramolecular Hbond substituents is 1. The molecular formula is C21H19ClN4O4S. The predicted octanol–water partition coefficient (Wildman–Crippen LogP) is 4.05. The number of phenols is 1. The second kappa shape index (κ2) is 8.60. The molecule has 10 heteroatoms. The van der Waals surface area contributed by atoms with Crippen molar-refractivity contribution in [2.45, 2.75) is 6.92 Å². The summed E-state index contributed by atoms with van der Waals surface area (Å²) in [5.74, 6) is -0.786. The highest BCUT2D eigenvalue weighted by Crippen LogP contribution is 2.33. The average Bonchev–Trinajstić information content (AvgIpc) is 3.11. The van der Waals surface area contributed by atoms with E-state index in [1.54, 1.807) is 6.08 Å². The van der Waals surface area contributed by atoms with Crippen LogP contribution in [0.3, 0.4) is 0 Å². The summed E-state index contributed by atoms with van der Waals surface area (Å²) in [4.78, 5) is 31.6. The lowest BCUT2D eigenvalue weighted by Gasteiger charge is -2.36. The van der Waals surface area contributed by atoms with E-state index in [9.17, 15) is 20.0 Å². The summed E-state index contributed by atoms with van der Waals surface area (Å²) >= 11 is 7.50. The van der Waals surface area contributed by atoms with Crippen LogP contribution in [0.4, 0.5) is 11.4 Å². The van der Waals surface area contributed by atoms with Gasteiger partial charge in [-0.05, 0) is 54.1 Å². The van der Waals surface area contributed by atoms with E-state index in [4.69, 9.17) is 11.6 Å². The highest BCUT2D eigenvalue weighted by Gasteiger charge is 2.29. The Labute approximate surface area is 188 Å². The fourth-order valence-electron chi connectivity index (χ4n) is 3.40. The Morgan fingerprint density at radius 3 is 2.55 bits per heavy atom. The Hall–Kier alpha value is -3.04. The molecule has 2 aromatic carbocycles. The van der Waals surface area contributed by atoms with Crippen molar-refractivity contribution in [2.24, 2.45) is 4.99 Å². The standard InChI is InChI=1S/C21H19ClN4O4S/c1-13-2-4-15(12-16(13)22)24-6-8-25(9-7-24)21-23-20(28)19(31-21)11-14-3-5-18(27)17(10-14)26(29)30/h2-5,10-12,27H,6-9H2,1H3/b19-11-. The van der Waals surface area contributed by atoms with Crippen LogP contribution in [-0.2, 0) is 4.79 Å². The maximum atomic E-state index is 12.4. The molecule has 0 aliphatic carbocycles. The molecule has 1 amide bonds. The molecule has 2 heterocycles. The third-order valence-corrected chi connectivity index (χ3v) is 6.63. The van der Waals surface area contributed by atoms with E-state index in [2.05, 4.69) is 20.9 Å². The van der Waals surface area contributed by atoms with Crippen LogP contribution in [0.5, 0.6) is 5.75 Å². The third kappa shape index (κ3) is 4.52. The minimum absolute atomic E-state index is 0.372.